The van der Waals surface area contributed by atoms with Gasteiger partial charge >= 0.3 is 0 Å². The number of aromatic nitrogens is 4. The van der Waals surface area contributed by atoms with Crippen LogP contribution in [0.15, 0.2) is 128 Å². The second-order valence-corrected chi connectivity index (χ2v) is 11.3. The lowest BCUT2D eigenvalue weighted by atomic mass is 9.86. The van der Waals surface area contributed by atoms with Gasteiger partial charge in [0.25, 0.3) is 0 Å². The number of pyridine rings is 1. The molecule has 0 unspecified atom stereocenters. The predicted molar refractivity (Wildman–Crippen MR) is 167 cm³/mol. The van der Waals surface area contributed by atoms with Gasteiger partial charge in [0, 0.05) is 35.2 Å². The molecule has 206 valence electrons. The minimum atomic E-state index is -0.0890. The Labute approximate surface area is 244 Å². The average molecular weight is 551 g/mol. The third-order valence-electron chi connectivity index (χ3n) is 7.33. The number of hydrogen-bond acceptors (Lipinski definition) is 4. The van der Waals surface area contributed by atoms with Gasteiger partial charge in [-0.15, -0.1) is 0 Å². The summed E-state index contributed by atoms with van der Waals surface area (Å²) in [5.74, 6) is 3.46. The molecule has 6 heteroatoms. The smallest absolute Gasteiger partial charge is 0.219 e. The van der Waals surface area contributed by atoms with Gasteiger partial charge in [0.2, 0.25) is 5.88 Å². The summed E-state index contributed by atoms with van der Waals surface area (Å²) in [4.78, 5) is 9.11. The molecule has 0 radical (unpaired) electrons. The summed E-state index contributed by atoms with van der Waals surface area (Å²) in [6, 6.07) is 36.4. The summed E-state index contributed by atoms with van der Waals surface area (Å²) >= 11 is 0. The normalized spacial score (nSPS) is 11.7. The molecule has 0 N–H and O–H groups in total. The van der Waals surface area contributed by atoms with Gasteiger partial charge in [-0.25, -0.2) is 9.97 Å². The maximum Gasteiger partial charge on any atom is 0.219 e. The van der Waals surface area contributed by atoms with Crippen LogP contribution in [0, 0.1) is 0 Å². The Hall–Kier alpha value is -5.36. The highest BCUT2D eigenvalue weighted by atomic mass is 16.5. The summed E-state index contributed by atoms with van der Waals surface area (Å²) in [6.45, 7) is 6.61. The van der Waals surface area contributed by atoms with Crippen LogP contribution in [0.5, 0.6) is 23.1 Å². The van der Waals surface area contributed by atoms with Crippen molar-refractivity contribution >= 4 is 21.8 Å². The summed E-state index contributed by atoms with van der Waals surface area (Å²) in [7, 11) is 0. The second-order valence-electron chi connectivity index (χ2n) is 11.3. The Balaban J connectivity index is 1.26. The largest absolute Gasteiger partial charge is 0.457 e. The summed E-state index contributed by atoms with van der Waals surface area (Å²) in [6.07, 6.45) is 5.65. The van der Waals surface area contributed by atoms with E-state index in [1.54, 1.807) is 6.20 Å². The van der Waals surface area contributed by atoms with Gasteiger partial charge in [0.05, 0.1) is 22.9 Å². The molecule has 6 nitrogen and oxygen atoms in total. The zero-order valence-corrected chi connectivity index (χ0v) is 23.7. The van der Waals surface area contributed by atoms with E-state index in [0.717, 1.165) is 33.9 Å². The lowest BCUT2D eigenvalue weighted by Crippen LogP contribution is -2.12. The zero-order valence-electron chi connectivity index (χ0n) is 23.7. The van der Waals surface area contributed by atoms with Crippen LogP contribution in [-0.4, -0.2) is 19.1 Å². The van der Waals surface area contributed by atoms with E-state index in [2.05, 4.69) is 102 Å². The van der Waals surface area contributed by atoms with Crippen LogP contribution in [-0.2, 0) is 5.41 Å². The molecule has 0 aliphatic carbocycles. The first-order chi connectivity index (χ1) is 20.4. The van der Waals surface area contributed by atoms with Crippen molar-refractivity contribution in [3.8, 4) is 34.6 Å². The van der Waals surface area contributed by atoms with Crippen molar-refractivity contribution in [2.75, 3.05) is 0 Å². The Morgan fingerprint density at radius 3 is 2.00 bits per heavy atom. The Morgan fingerprint density at radius 2 is 1.31 bits per heavy atom. The Bertz CT molecular complexity index is 1980. The molecule has 0 atom stereocenters. The van der Waals surface area contributed by atoms with E-state index >= 15 is 0 Å². The molecule has 0 spiro atoms. The number of rotatable bonds is 6. The molecule has 3 aromatic heterocycles. The van der Waals surface area contributed by atoms with Crippen molar-refractivity contribution in [2.45, 2.75) is 26.2 Å². The highest BCUT2D eigenvalue weighted by Gasteiger charge is 2.18. The first-order valence-electron chi connectivity index (χ1n) is 14.0. The van der Waals surface area contributed by atoms with Gasteiger partial charge in [0.15, 0.2) is 5.82 Å². The van der Waals surface area contributed by atoms with Gasteiger partial charge in [-0.2, -0.15) is 0 Å². The van der Waals surface area contributed by atoms with Crippen molar-refractivity contribution in [1.82, 2.24) is 19.1 Å². The van der Waals surface area contributed by atoms with Crippen molar-refractivity contribution in [2.24, 2.45) is 0 Å². The quantitative estimate of drug-likeness (QED) is 0.207. The van der Waals surface area contributed by atoms with Gasteiger partial charge in [-0.05, 0) is 53.4 Å². The first-order valence-corrected chi connectivity index (χ1v) is 14.0. The van der Waals surface area contributed by atoms with E-state index in [-0.39, 0.29) is 5.41 Å². The van der Waals surface area contributed by atoms with Crippen molar-refractivity contribution in [1.29, 1.82) is 0 Å². The molecular formula is C36H30N4O2. The number of hydrogen-bond donors (Lipinski definition) is 0. The molecule has 0 aliphatic heterocycles. The fourth-order valence-electron chi connectivity index (χ4n) is 5.23. The van der Waals surface area contributed by atoms with Gasteiger partial charge < -0.3 is 14.0 Å². The SMILES string of the molecule is CC(C)(C)c1cc(Oc2cccc(Oc3ccccn3)c2)cc(-n2cnc(-n3c4ccccc4c4ccccc43)c2)c1. The fraction of sp³-hybridized carbons (Fsp3) is 0.111. The third-order valence-corrected chi connectivity index (χ3v) is 7.33. The molecule has 0 fully saturated rings. The average Bonchev–Trinajstić information content (AvgIpc) is 3.60. The van der Waals surface area contributed by atoms with Crippen LogP contribution < -0.4 is 9.47 Å². The number of benzene rings is 4. The number of imidazole rings is 1. The highest BCUT2D eigenvalue weighted by molar-refractivity contribution is 6.09. The van der Waals surface area contributed by atoms with E-state index < -0.39 is 0 Å². The summed E-state index contributed by atoms with van der Waals surface area (Å²) in [5.41, 5.74) is 4.29. The van der Waals surface area contributed by atoms with E-state index in [9.17, 15) is 0 Å². The molecule has 0 amide bonds. The van der Waals surface area contributed by atoms with E-state index in [1.165, 1.54) is 10.8 Å². The Kier molecular flexibility index (Phi) is 6.24. The van der Waals surface area contributed by atoms with E-state index in [1.807, 2.05) is 54.9 Å². The minimum absolute atomic E-state index is 0.0890. The van der Waals surface area contributed by atoms with E-state index in [0.29, 0.717) is 17.4 Å². The second kappa shape index (κ2) is 10.2. The molecule has 0 aliphatic rings. The van der Waals surface area contributed by atoms with Crippen LogP contribution in [0.25, 0.3) is 33.3 Å². The lowest BCUT2D eigenvalue weighted by molar-refractivity contribution is 0.448. The van der Waals surface area contributed by atoms with Crippen LogP contribution in [0.4, 0.5) is 0 Å². The highest BCUT2D eigenvalue weighted by Crippen LogP contribution is 2.35. The van der Waals surface area contributed by atoms with Crippen LogP contribution in [0.3, 0.4) is 0 Å². The maximum absolute atomic E-state index is 6.41. The molecular weight excluding hydrogens is 520 g/mol. The number of nitrogens with zero attached hydrogens (tertiary/aromatic N) is 4. The minimum Gasteiger partial charge on any atom is -0.457 e. The Morgan fingerprint density at radius 1 is 0.619 bits per heavy atom. The topological polar surface area (TPSA) is 54.1 Å². The molecule has 0 bridgehead atoms. The van der Waals surface area contributed by atoms with Crippen molar-refractivity contribution in [3.63, 3.8) is 0 Å². The molecule has 7 aromatic rings. The monoisotopic (exact) mass is 550 g/mol. The molecule has 0 saturated heterocycles. The van der Waals surface area contributed by atoms with Crippen LogP contribution in [0.1, 0.15) is 26.3 Å². The third kappa shape index (κ3) is 4.88. The van der Waals surface area contributed by atoms with Gasteiger partial charge in [-0.1, -0.05) is 69.3 Å². The lowest BCUT2D eigenvalue weighted by Gasteiger charge is -2.21. The summed E-state index contributed by atoms with van der Waals surface area (Å²) < 4.78 is 16.6. The summed E-state index contributed by atoms with van der Waals surface area (Å²) in [5, 5.41) is 2.42. The van der Waals surface area contributed by atoms with Crippen molar-refractivity contribution in [3.05, 3.63) is 133 Å². The molecule has 42 heavy (non-hydrogen) atoms. The van der Waals surface area contributed by atoms with Crippen LogP contribution >= 0.6 is 0 Å². The van der Waals surface area contributed by atoms with E-state index in [4.69, 9.17) is 14.5 Å². The standard InChI is InChI=1S/C36H30N4O2/c1-36(2,3)25-19-26(21-29(20-25)41-27-11-10-12-28(22-27)42-35-17-8-9-18-37-35)39-23-34(38-24-39)40-32-15-6-4-13-30(32)31-14-5-7-16-33(31)40/h4-24H,1-3H3. The van der Waals surface area contributed by atoms with Gasteiger partial charge in [0.1, 0.15) is 23.6 Å². The number of ether oxygens (including phenoxy) is 2. The van der Waals surface area contributed by atoms with Crippen LogP contribution in [0.2, 0.25) is 0 Å². The number of para-hydroxylation sites is 2. The van der Waals surface area contributed by atoms with Gasteiger partial charge in [-0.3, -0.25) is 4.57 Å². The maximum atomic E-state index is 6.41. The number of fused-ring (bicyclic) bond motifs is 3. The first kappa shape index (κ1) is 25.6. The molecule has 4 aromatic carbocycles. The zero-order chi connectivity index (χ0) is 28.7. The molecule has 7 rings (SSSR count). The van der Waals surface area contributed by atoms with Crippen molar-refractivity contribution < 1.29 is 9.47 Å². The molecule has 3 heterocycles. The molecule has 0 saturated carbocycles. The fourth-order valence-corrected chi connectivity index (χ4v) is 5.23. The predicted octanol–water partition coefficient (Wildman–Crippen LogP) is 9.25.